The molecule has 1 aromatic heterocycles. The van der Waals surface area contributed by atoms with Crippen molar-refractivity contribution in [3.05, 3.63) is 28.0 Å². The van der Waals surface area contributed by atoms with Gasteiger partial charge in [-0.25, -0.2) is 4.98 Å². The molecule has 0 aliphatic carbocycles. The smallest absolute Gasteiger partial charge is 0.255 e. The molecule has 1 N–H and O–H groups in total. The number of pyridine rings is 1. The third-order valence-corrected chi connectivity index (χ3v) is 3.91. The van der Waals surface area contributed by atoms with Crippen molar-refractivity contribution < 1.29 is 9.90 Å². The molecule has 19 heavy (non-hydrogen) atoms. The van der Waals surface area contributed by atoms with Gasteiger partial charge in [-0.15, -0.1) is 0 Å². The second-order valence-electron chi connectivity index (χ2n) is 5.13. The first-order valence-electron chi connectivity index (χ1n) is 6.22. The van der Waals surface area contributed by atoms with Crippen molar-refractivity contribution in [2.45, 2.75) is 31.8 Å². The van der Waals surface area contributed by atoms with Crippen LogP contribution in [0, 0.1) is 0 Å². The second kappa shape index (κ2) is 5.65. The van der Waals surface area contributed by atoms with E-state index in [0.29, 0.717) is 36.5 Å². The lowest BCUT2D eigenvalue weighted by molar-refractivity contribution is 0.0438. The maximum absolute atomic E-state index is 12.4. The van der Waals surface area contributed by atoms with Crippen LogP contribution in [0.25, 0.3) is 0 Å². The average molecular weight is 303 g/mol. The largest absolute Gasteiger partial charge is 0.390 e. The summed E-state index contributed by atoms with van der Waals surface area (Å²) in [7, 11) is 0. The van der Waals surface area contributed by atoms with E-state index in [1.807, 2.05) is 0 Å². The monoisotopic (exact) mass is 302 g/mol. The van der Waals surface area contributed by atoms with E-state index in [9.17, 15) is 9.90 Å². The summed E-state index contributed by atoms with van der Waals surface area (Å²) in [6, 6.07) is 1.48. The molecule has 1 saturated heterocycles. The predicted octanol–water partition coefficient (Wildman–Crippen LogP) is 2.77. The summed E-state index contributed by atoms with van der Waals surface area (Å²) in [4.78, 5) is 17.9. The molecule has 1 unspecified atom stereocenters. The Labute approximate surface area is 122 Å². The standard InChI is InChI=1S/C13H16Cl2N2O2/c1-13(19)3-2-5-17(6-4-13)12(18)9-7-11(15)16-8-10(9)14/h7-8,19H,2-6H2,1H3. The highest BCUT2D eigenvalue weighted by atomic mass is 35.5. The van der Waals surface area contributed by atoms with Crippen LogP contribution in [0.4, 0.5) is 0 Å². The third kappa shape index (κ3) is 3.59. The number of likely N-dealkylation sites (tertiary alicyclic amines) is 1. The van der Waals surface area contributed by atoms with Crippen LogP contribution >= 0.6 is 23.2 Å². The van der Waals surface area contributed by atoms with E-state index in [-0.39, 0.29) is 11.1 Å². The van der Waals surface area contributed by atoms with Gasteiger partial charge in [-0.3, -0.25) is 4.79 Å². The summed E-state index contributed by atoms with van der Waals surface area (Å²) in [6.45, 7) is 2.94. The average Bonchev–Trinajstić information content (AvgIpc) is 2.52. The Kier molecular flexibility index (Phi) is 4.33. The molecule has 1 aliphatic heterocycles. The summed E-state index contributed by atoms with van der Waals surface area (Å²) in [6.07, 6.45) is 3.41. The summed E-state index contributed by atoms with van der Waals surface area (Å²) in [5, 5.41) is 10.6. The number of rotatable bonds is 1. The minimum absolute atomic E-state index is 0.160. The van der Waals surface area contributed by atoms with Crippen molar-refractivity contribution >= 4 is 29.1 Å². The van der Waals surface area contributed by atoms with Crippen LogP contribution in [-0.4, -0.2) is 39.6 Å². The van der Waals surface area contributed by atoms with Gasteiger partial charge in [-0.2, -0.15) is 0 Å². The van der Waals surface area contributed by atoms with Gasteiger partial charge in [0.15, 0.2) is 0 Å². The van der Waals surface area contributed by atoms with E-state index in [0.717, 1.165) is 6.42 Å². The first kappa shape index (κ1) is 14.6. The number of nitrogens with zero attached hydrogens (tertiary/aromatic N) is 2. The number of carbonyl (C=O) groups excluding carboxylic acids is 1. The second-order valence-corrected chi connectivity index (χ2v) is 5.92. The lowest BCUT2D eigenvalue weighted by Gasteiger charge is -2.23. The molecular formula is C13H16Cl2N2O2. The maximum Gasteiger partial charge on any atom is 0.255 e. The van der Waals surface area contributed by atoms with Crippen LogP contribution in [0.5, 0.6) is 0 Å². The van der Waals surface area contributed by atoms with Gasteiger partial charge in [0.25, 0.3) is 5.91 Å². The molecule has 1 fully saturated rings. The van der Waals surface area contributed by atoms with Crippen molar-refractivity contribution in [3.8, 4) is 0 Å². The fourth-order valence-corrected chi connectivity index (χ4v) is 2.56. The normalized spacial score (nSPS) is 24.1. The van der Waals surface area contributed by atoms with Gasteiger partial charge in [-0.05, 0) is 32.3 Å². The van der Waals surface area contributed by atoms with E-state index in [1.54, 1.807) is 11.8 Å². The van der Waals surface area contributed by atoms with Gasteiger partial charge in [0.2, 0.25) is 0 Å². The van der Waals surface area contributed by atoms with Gasteiger partial charge < -0.3 is 10.0 Å². The number of aromatic nitrogens is 1. The van der Waals surface area contributed by atoms with Gasteiger partial charge in [0, 0.05) is 19.3 Å². The van der Waals surface area contributed by atoms with Crippen LogP contribution in [0.1, 0.15) is 36.5 Å². The molecule has 1 aromatic rings. The number of carbonyl (C=O) groups is 1. The Bertz CT molecular complexity index is 492. The molecule has 1 atom stereocenters. The molecule has 0 radical (unpaired) electrons. The minimum atomic E-state index is -0.700. The summed E-state index contributed by atoms with van der Waals surface area (Å²) < 4.78 is 0. The quantitative estimate of drug-likeness (QED) is 0.812. The van der Waals surface area contributed by atoms with Crippen molar-refractivity contribution in [2.24, 2.45) is 0 Å². The van der Waals surface area contributed by atoms with Gasteiger partial charge in [0.1, 0.15) is 5.15 Å². The van der Waals surface area contributed by atoms with Crippen molar-refractivity contribution in [1.29, 1.82) is 0 Å². The Morgan fingerprint density at radius 1 is 1.42 bits per heavy atom. The highest BCUT2D eigenvalue weighted by molar-refractivity contribution is 6.35. The van der Waals surface area contributed by atoms with Crippen LogP contribution in [0.15, 0.2) is 12.3 Å². The molecule has 0 saturated carbocycles. The van der Waals surface area contributed by atoms with Crippen LogP contribution in [-0.2, 0) is 0 Å². The molecule has 0 spiro atoms. The SMILES string of the molecule is CC1(O)CCCN(C(=O)c2cc(Cl)ncc2Cl)CC1. The maximum atomic E-state index is 12.4. The van der Waals surface area contributed by atoms with Crippen LogP contribution < -0.4 is 0 Å². The summed E-state index contributed by atoms with van der Waals surface area (Å²) in [5.41, 5.74) is -0.336. The Morgan fingerprint density at radius 2 is 2.16 bits per heavy atom. The van der Waals surface area contributed by atoms with Gasteiger partial charge >= 0.3 is 0 Å². The van der Waals surface area contributed by atoms with E-state index in [2.05, 4.69) is 4.98 Å². The fraction of sp³-hybridized carbons (Fsp3) is 0.538. The van der Waals surface area contributed by atoms with Crippen LogP contribution in [0.2, 0.25) is 10.2 Å². The van der Waals surface area contributed by atoms with Crippen molar-refractivity contribution in [3.63, 3.8) is 0 Å². The first-order chi connectivity index (χ1) is 8.89. The van der Waals surface area contributed by atoms with Crippen molar-refractivity contribution in [1.82, 2.24) is 9.88 Å². The Balaban J connectivity index is 2.17. The number of amides is 1. The topological polar surface area (TPSA) is 53.4 Å². The molecule has 1 aliphatic rings. The van der Waals surface area contributed by atoms with Gasteiger partial charge in [-0.1, -0.05) is 23.2 Å². The van der Waals surface area contributed by atoms with E-state index in [4.69, 9.17) is 23.2 Å². The molecule has 1 amide bonds. The Morgan fingerprint density at radius 3 is 2.89 bits per heavy atom. The summed E-state index contributed by atoms with van der Waals surface area (Å²) >= 11 is 11.8. The minimum Gasteiger partial charge on any atom is -0.390 e. The number of hydrogen-bond acceptors (Lipinski definition) is 3. The highest BCUT2D eigenvalue weighted by Crippen LogP contribution is 2.25. The van der Waals surface area contributed by atoms with E-state index >= 15 is 0 Å². The Hall–Kier alpha value is -0.840. The first-order valence-corrected chi connectivity index (χ1v) is 6.97. The molecule has 6 heteroatoms. The molecule has 0 bridgehead atoms. The van der Waals surface area contributed by atoms with Crippen LogP contribution in [0.3, 0.4) is 0 Å². The molecule has 104 valence electrons. The molecule has 4 nitrogen and oxygen atoms in total. The molecule has 2 rings (SSSR count). The zero-order valence-corrected chi connectivity index (χ0v) is 12.2. The predicted molar refractivity (Wildman–Crippen MR) is 74.6 cm³/mol. The van der Waals surface area contributed by atoms with Crippen molar-refractivity contribution in [2.75, 3.05) is 13.1 Å². The lowest BCUT2D eigenvalue weighted by atomic mass is 9.98. The zero-order valence-electron chi connectivity index (χ0n) is 10.7. The lowest BCUT2D eigenvalue weighted by Crippen LogP contribution is -2.33. The number of aliphatic hydroxyl groups is 1. The highest BCUT2D eigenvalue weighted by Gasteiger charge is 2.28. The van der Waals surface area contributed by atoms with E-state index in [1.165, 1.54) is 12.3 Å². The zero-order chi connectivity index (χ0) is 14.0. The number of hydrogen-bond donors (Lipinski definition) is 1. The van der Waals surface area contributed by atoms with Gasteiger partial charge in [0.05, 0.1) is 16.2 Å². The molecular weight excluding hydrogens is 287 g/mol. The molecule has 0 aromatic carbocycles. The molecule has 2 heterocycles. The summed E-state index contributed by atoms with van der Waals surface area (Å²) in [5.74, 6) is -0.160. The number of halogens is 2. The van der Waals surface area contributed by atoms with E-state index < -0.39 is 5.60 Å². The third-order valence-electron chi connectivity index (χ3n) is 3.40. The fourth-order valence-electron chi connectivity index (χ4n) is 2.21.